The number of hydrogen-bond donors (Lipinski definition) is 0. The average molecular weight is 343 g/mol. The fourth-order valence-electron chi connectivity index (χ4n) is 3.10. The van der Waals surface area contributed by atoms with Gasteiger partial charge in [0.05, 0.1) is 12.8 Å². The van der Waals surface area contributed by atoms with Crippen molar-refractivity contribution in [3.05, 3.63) is 42.2 Å². The van der Waals surface area contributed by atoms with Gasteiger partial charge in [0.1, 0.15) is 0 Å². The van der Waals surface area contributed by atoms with Crippen molar-refractivity contribution in [2.24, 2.45) is 0 Å². The lowest BCUT2D eigenvalue weighted by molar-refractivity contribution is 0.0511. The molecule has 0 aliphatic carbocycles. The molecule has 1 saturated heterocycles. The van der Waals surface area contributed by atoms with Gasteiger partial charge in [-0.15, -0.1) is 5.10 Å². The van der Waals surface area contributed by atoms with Gasteiger partial charge in [-0.1, -0.05) is 23.4 Å². The quantitative estimate of drug-likeness (QED) is 0.713. The van der Waals surface area contributed by atoms with E-state index in [4.69, 9.17) is 4.74 Å². The van der Waals surface area contributed by atoms with Crippen LogP contribution >= 0.6 is 0 Å². The molecule has 25 heavy (non-hydrogen) atoms. The van der Waals surface area contributed by atoms with Crippen molar-refractivity contribution in [3.8, 4) is 0 Å². The maximum atomic E-state index is 11.8. The highest BCUT2D eigenvalue weighted by Crippen LogP contribution is 2.15. The Balaban J connectivity index is 1.42. The first-order valence-electron chi connectivity index (χ1n) is 8.86. The minimum absolute atomic E-state index is 0.357. The summed E-state index contributed by atoms with van der Waals surface area (Å²) in [4.78, 5) is 16.7. The number of carbonyl (C=O) groups is 1. The molecule has 0 amide bonds. The number of nitrogens with zero attached hydrogens (tertiary/aromatic N) is 5. The highest BCUT2D eigenvalue weighted by Gasteiger charge is 2.18. The fourth-order valence-corrected chi connectivity index (χ4v) is 3.10. The molecule has 0 bridgehead atoms. The Morgan fingerprint density at radius 1 is 1.12 bits per heavy atom. The third kappa shape index (κ3) is 4.57. The first-order chi connectivity index (χ1) is 12.3. The lowest BCUT2D eigenvalue weighted by atomic mass is 10.2. The van der Waals surface area contributed by atoms with E-state index in [2.05, 4.69) is 50.4 Å². The van der Waals surface area contributed by atoms with Crippen LogP contribution in [0.15, 0.2) is 36.5 Å². The molecule has 1 aliphatic rings. The Bertz CT molecular complexity index is 665. The standard InChI is InChI=1S/C18H25N5O2/c1-2-25-18(24)17-15-19-20-23(17)10-6-9-21-11-13-22(14-12-21)16-7-4-3-5-8-16/h3-5,7-8,15H,2,6,9-14H2,1H3. The van der Waals surface area contributed by atoms with Crippen molar-refractivity contribution in [1.29, 1.82) is 0 Å². The number of para-hydroxylation sites is 1. The summed E-state index contributed by atoms with van der Waals surface area (Å²) < 4.78 is 6.66. The molecule has 2 aromatic rings. The van der Waals surface area contributed by atoms with E-state index in [1.165, 1.54) is 11.9 Å². The molecular weight excluding hydrogens is 318 g/mol. The van der Waals surface area contributed by atoms with Crippen LogP contribution in [0.4, 0.5) is 5.69 Å². The molecule has 0 saturated carbocycles. The predicted octanol–water partition coefficient (Wildman–Crippen LogP) is 1.67. The van der Waals surface area contributed by atoms with Gasteiger partial charge in [0.25, 0.3) is 0 Å². The molecule has 1 fully saturated rings. The predicted molar refractivity (Wildman–Crippen MR) is 95.7 cm³/mol. The van der Waals surface area contributed by atoms with E-state index in [1.54, 1.807) is 11.6 Å². The van der Waals surface area contributed by atoms with Crippen molar-refractivity contribution in [2.45, 2.75) is 19.9 Å². The van der Waals surface area contributed by atoms with E-state index in [1.807, 2.05) is 0 Å². The van der Waals surface area contributed by atoms with Crippen LogP contribution in [0.1, 0.15) is 23.8 Å². The zero-order chi connectivity index (χ0) is 17.5. The second kappa shape index (κ2) is 8.62. The van der Waals surface area contributed by atoms with Crippen LogP contribution < -0.4 is 4.90 Å². The number of esters is 1. The Morgan fingerprint density at radius 2 is 1.88 bits per heavy atom. The van der Waals surface area contributed by atoms with E-state index >= 15 is 0 Å². The number of aromatic nitrogens is 3. The van der Waals surface area contributed by atoms with Gasteiger partial charge in [0.15, 0.2) is 5.69 Å². The maximum absolute atomic E-state index is 11.8. The first kappa shape index (κ1) is 17.4. The number of benzene rings is 1. The van der Waals surface area contributed by atoms with Crippen molar-refractivity contribution in [3.63, 3.8) is 0 Å². The topological polar surface area (TPSA) is 63.5 Å². The molecule has 0 atom stereocenters. The molecule has 1 aliphatic heterocycles. The van der Waals surface area contributed by atoms with Gasteiger partial charge in [0, 0.05) is 45.0 Å². The van der Waals surface area contributed by atoms with Crippen LogP contribution in [0.2, 0.25) is 0 Å². The lowest BCUT2D eigenvalue weighted by Gasteiger charge is -2.36. The van der Waals surface area contributed by atoms with Crippen molar-refractivity contribution < 1.29 is 9.53 Å². The van der Waals surface area contributed by atoms with Crippen LogP contribution in [0.5, 0.6) is 0 Å². The molecule has 1 aromatic carbocycles. The largest absolute Gasteiger partial charge is 0.461 e. The summed E-state index contributed by atoms with van der Waals surface area (Å²) in [6, 6.07) is 10.5. The third-order valence-corrected chi connectivity index (χ3v) is 4.44. The SMILES string of the molecule is CCOC(=O)c1cnnn1CCCN1CCN(c2ccccc2)CC1. The number of aryl methyl sites for hydroxylation is 1. The number of ether oxygens (including phenoxy) is 1. The Kier molecular flexibility index (Phi) is 6.00. The van der Waals surface area contributed by atoms with Gasteiger partial charge < -0.3 is 9.64 Å². The van der Waals surface area contributed by atoms with Crippen LogP contribution in [-0.2, 0) is 11.3 Å². The van der Waals surface area contributed by atoms with Gasteiger partial charge in [-0.25, -0.2) is 9.48 Å². The zero-order valence-corrected chi connectivity index (χ0v) is 14.7. The van der Waals surface area contributed by atoms with E-state index in [0.29, 0.717) is 18.8 Å². The van der Waals surface area contributed by atoms with E-state index < -0.39 is 0 Å². The lowest BCUT2D eigenvalue weighted by Crippen LogP contribution is -2.46. The summed E-state index contributed by atoms with van der Waals surface area (Å²) in [6.07, 6.45) is 2.40. The van der Waals surface area contributed by atoms with Crippen LogP contribution in [-0.4, -0.2) is 65.2 Å². The molecule has 134 valence electrons. The monoisotopic (exact) mass is 343 g/mol. The number of rotatable bonds is 7. The molecule has 0 spiro atoms. The van der Waals surface area contributed by atoms with E-state index in [0.717, 1.165) is 39.1 Å². The summed E-state index contributed by atoms with van der Waals surface area (Å²) in [6.45, 7) is 8.01. The van der Waals surface area contributed by atoms with Crippen LogP contribution in [0, 0.1) is 0 Å². The minimum atomic E-state index is -0.357. The van der Waals surface area contributed by atoms with Crippen molar-refractivity contribution >= 4 is 11.7 Å². The summed E-state index contributed by atoms with van der Waals surface area (Å²) in [5.41, 5.74) is 1.72. The van der Waals surface area contributed by atoms with Crippen molar-refractivity contribution in [1.82, 2.24) is 19.9 Å². The normalized spacial score (nSPS) is 15.3. The third-order valence-electron chi connectivity index (χ3n) is 4.44. The van der Waals surface area contributed by atoms with Gasteiger partial charge in [-0.2, -0.15) is 0 Å². The molecule has 7 heteroatoms. The van der Waals surface area contributed by atoms with Crippen molar-refractivity contribution in [2.75, 3.05) is 44.2 Å². The molecule has 2 heterocycles. The molecule has 7 nitrogen and oxygen atoms in total. The molecule has 1 aromatic heterocycles. The first-order valence-corrected chi connectivity index (χ1v) is 8.86. The van der Waals surface area contributed by atoms with Crippen LogP contribution in [0.25, 0.3) is 0 Å². The number of carbonyl (C=O) groups excluding carboxylic acids is 1. The van der Waals surface area contributed by atoms with Gasteiger partial charge in [-0.3, -0.25) is 4.90 Å². The Morgan fingerprint density at radius 3 is 2.60 bits per heavy atom. The average Bonchev–Trinajstić information content (AvgIpc) is 3.12. The highest BCUT2D eigenvalue weighted by atomic mass is 16.5. The second-order valence-corrected chi connectivity index (χ2v) is 6.08. The maximum Gasteiger partial charge on any atom is 0.358 e. The summed E-state index contributed by atoms with van der Waals surface area (Å²) in [7, 11) is 0. The Hall–Kier alpha value is -2.41. The second-order valence-electron chi connectivity index (χ2n) is 6.08. The molecular formula is C18H25N5O2. The number of piperazine rings is 1. The molecule has 3 rings (SSSR count). The van der Waals surface area contributed by atoms with E-state index in [-0.39, 0.29) is 5.97 Å². The van der Waals surface area contributed by atoms with Gasteiger partial charge in [0.2, 0.25) is 0 Å². The summed E-state index contributed by atoms with van der Waals surface area (Å²) >= 11 is 0. The summed E-state index contributed by atoms with van der Waals surface area (Å²) in [5, 5.41) is 7.82. The molecule has 0 radical (unpaired) electrons. The zero-order valence-electron chi connectivity index (χ0n) is 14.7. The van der Waals surface area contributed by atoms with E-state index in [9.17, 15) is 4.79 Å². The van der Waals surface area contributed by atoms with Crippen LogP contribution in [0.3, 0.4) is 0 Å². The molecule has 0 unspecified atom stereocenters. The highest BCUT2D eigenvalue weighted by molar-refractivity contribution is 5.87. The smallest absolute Gasteiger partial charge is 0.358 e. The van der Waals surface area contributed by atoms with Gasteiger partial charge in [-0.05, 0) is 25.5 Å². The Labute approximate surface area is 148 Å². The fraction of sp³-hybridized carbons (Fsp3) is 0.500. The number of anilines is 1. The number of hydrogen-bond acceptors (Lipinski definition) is 6. The van der Waals surface area contributed by atoms with Gasteiger partial charge >= 0.3 is 5.97 Å². The molecule has 0 N–H and O–H groups in total. The minimum Gasteiger partial charge on any atom is -0.461 e. The summed E-state index contributed by atoms with van der Waals surface area (Å²) in [5.74, 6) is -0.357.